The molecule has 1 saturated carbocycles. The highest BCUT2D eigenvalue weighted by atomic mass is 35.5. The molecule has 2 aliphatic heterocycles. The second-order valence-corrected chi connectivity index (χ2v) is 12.9. The van der Waals surface area contributed by atoms with Gasteiger partial charge in [0.05, 0.1) is 24.5 Å². The van der Waals surface area contributed by atoms with Crippen molar-refractivity contribution in [3.63, 3.8) is 0 Å². The summed E-state index contributed by atoms with van der Waals surface area (Å²) in [7, 11) is 0. The summed E-state index contributed by atoms with van der Waals surface area (Å²) in [6, 6.07) is 14.2. The summed E-state index contributed by atoms with van der Waals surface area (Å²) in [4.78, 5) is 15.6. The van der Waals surface area contributed by atoms with E-state index in [0.29, 0.717) is 30.9 Å². The zero-order chi connectivity index (χ0) is 27.0. The fourth-order valence-corrected chi connectivity index (χ4v) is 7.64. The molecule has 1 spiro atoms. The summed E-state index contributed by atoms with van der Waals surface area (Å²) in [5.74, 6) is 1.11. The average molecular weight is 564 g/mol. The lowest BCUT2D eigenvalue weighted by Gasteiger charge is -2.45. The first-order valence-electron chi connectivity index (χ1n) is 14.0. The molecule has 0 unspecified atom stereocenters. The third-order valence-corrected chi connectivity index (χ3v) is 10.2. The molecule has 204 valence electrons. The fourth-order valence-electron chi connectivity index (χ4n) is 6.77. The molecule has 6 rings (SSSR count). The molecule has 39 heavy (non-hydrogen) atoms. The summed E-state index contributed by atoms with van der Waals surface area (Å²) < 4.78 is 9.43. The molecule has 8 heteroatoms. The monoisotopic (exact) mass is 563 g/mol. The number of carbonyl (C=O) groups is 1. The first-order valence-corrected chi connectivity index (χ1v) is 15.2. The van der Waals surface area contributed by atoms with Crippen LogP contribution >= 0.6 is 23.5 Å². The number of hydrogen-bond acceptors (Lipinski definition) is 6. The van der Waals surface area contributed by atoms with Crippen LogP contribution in [0.15, 0.2) is 48.6 Å². The molecule has 2 aromatic rings. The van der Waals surface area contributed by atoms with E-state index in [2.05, 4.69) is 27.8 Å². The number of fused-ring (bicyclic) bond motifs is 4. The molecule has 0 radical (unpaired) electrons. The van der Waals surface area contributed by atoms with Gasteiger partial charge in [-0.25, -0.2) is 0 Å². The largest absolute Gasteiger partial charge is 0.490 e. The quantitative estimate of drug-likeness (QED) is 0.310. The van der Waals surface area contributed by atoms with Crippen LogP contribution in [-0.2, 0) is 11.8 Å². The van der Waals surface area contributed by atoms with Gasteiger partial charge in [0.2, 0.25) is 0 Å². The predicted molar refractivity (Wildman–Crippen MR) is 155 cm³/mol. The minimum atomic E-state index is -0.495. The standard InChI is InChI=1S/C31H34ClN3O3S/c32-23-9-11-26-20(14-23)4-3-13-31(26)18-35-17-22-7-10-25(22)28(36)6-2-1-5-24(16-33)39-34-30(37)21-8-12-29(38-19-31)27(35)15-21/h2,6,8-9,11-12,14-15,22,24-25,28,36H,1,3-5,7,10,13,17-19H2,(H,34,37)/b6-2-/t22-,24+,25+,28-,31-/m0/s1. The minimum Gasteiger partial charge on any atom is -0.490 e. The highest BCUT2D eigenvalue weighted by Gasteiger charge is 2.44. The molecule has 2 bridgehead atoms. The summed E-state index contributed by atoms with van der Waals surface area (Å²) in [5, 5.41) is 21.0. The molecule has 4 aliphatic rings. The van der Waals surface area contributed by atoms with Gasteiger partial charge >= 0.3 is 0 Å². The van der Waals surface area contributed by atoms with Crippen molar-refractivity contribution in [2.75, 3.05) is 24.6 Å². The Kier molecular flexibility index (Phi) is 7.54. The maximum absolute atomic E-state index is 13.1. The van der Waals surface area contributed by atoms with Gasteiger partial charge in [0.25, 0.3) is 5.91 Å². The number of carbonyl (C=O) groups excluding carboxylic acids is 1. The van der Waals surface area contributed by atoms with E-state index in [4.69, 9.17) is 16.3 Å². The summed E-state index contributed by atoms with van der Waals surface area (Å²) in [5.41, 5.74) is 3.89. The van der Waals surface area contributed by atoms with Crippen LogP contribution < -0.4 is 14.4 Å². The summed E-state index contributed by atoms with van der Waals surface area (Å²) >= 11 is 7.54. The van der Waals surface area contributed by atoms with Crippen LogP contribution in [0.25, 0.3) is 0 Å². The number of amides is 1. The number of nitrogens with one attached hydrogen (secondary N) is 1. The van der Waals surface area contributed by atoms with E-state index in [-0.39, 0.29) is 22.5 Å². The number of anilines is 1. The highest BCUT2D eigenvalue weighted by Crippen LogP contribution is 2.46. The molecule has 5 atom stereocenters. The zero-order valence-corrected chi connectivity index (χ0v) is 23.5. The van der Waals surface area contributed by atoms with Gasteiger partial charge < -0.3 is 14.7 Å². The maximum Gasteiger partial charge on any atom is 0.261 e. The number of allylic oxidation sites excluding steroid dienone is 1. The van der Waals surface area contributed by atoms with Gasteiger partial charge in [0, 0.05) is 29.1 Å². The molecule has 1 amide bonds. The van der Waals surface area contributed by atoms with Gasteiger partial charge in [-0.3, -0.25) is 9.52 Å². The summed E-state index contributed by atoms with van der Waals surface area (Å²) in [6.45, 7) is 2.14. The number of hydrogen-bond donors (Lipinski definition) is 2. The van der Waals surface area contributed by atoms with Crippen molar-refractivity contribution < 1.29 is 14.6 Å². The molecule has 2 aromatic carbocycles. The molecule has 2 N–H and O–H groups in total. The number of ether oxygens (including phenoxy) is 1. The lowest BCUT2D eigenvalue weighted by molar-refractivity contribution is 0.0456. The van der Waals surface area contributed by atoms with Crippen molar-refractivity contribution in [1.29, 1.82) is 5.26 Å². The number of halogens is 1. The Morgan fingerprint density at radius 3 is 2.92 bits per heavy atom. The summed E-state index contributed by atoms with van der Waals surface area (Å²) in [6.07, 6.45) is 9.85. The lowest BCUT2D eigenvalue weighted by Crippen LogP contribution is -2.49. The molecule has 2 heterocycles. The number of aliphatic hydroxyl groups is 1. The van der Waals surface area contributed by atoms with Gasteiger partial charge in [0.15, 0.2) is 0 Å². The smallest absolute Gasteiger partial charge is 0.261 e. The van der Waals surface area contributed by atoms with Gasteiger partial charge in [-0.05, 0) is 110 Å². The van der Waals surface area contributed by atoms with E-state index in [1.54, 1.807) is 0 Å². The SMILES string of the molecule is N#C[C@H]1CC/C=C\[C@H](O)[C@@H]2CC[C@H]2CN2C[C@@]3(CCCc4cc(Cl)ccc43)COc3ccc(cc32)C(=O)NS1. The van der Waals surface area contributed by atoms with E-state index >= 15 is 0 Å². The van der Waals surface area contributed by atoms with Gasteiger partial charge in [-0.2, -0.15) is 5.26 Å². The van der Waals surface area contributed by atoms with E-state index in [9.17, 15) is 15.2 Å². The normalized spacial score (nSPS) is 31.4. The molecule has 6 nitrogen and oxygen atoms in total. The number of rotatable bonds is 0. The second kappa shape index (κ2) is 11.1. The van der Waals surface area contributed by atoms with Gasteiger partial charge in [0.1, 0.15) is 11.0 Å². The predicted octanol–water partition coefficient (Wildman–Crippen LogP) is 5.82. The Hall–Kier alpha value is -2.66. The molecule has 0 saturated heterocycles. The Morgan fingerprint density at radius 1 is 1.21 bits per heavy atom. The third-order valence-electron chi connectivity index (χ3n) is 9.04. The van der Waals surface area contributed by atoms with E-state index in [1.807, 2.05) is 36.4 Å². The fraction of sp³-hybridized carbons (Fsp3) is 0.484. The first kappa shape index (κ1) is 26.6. The number of nitrogens with zero attached hydrogens (tertiary/aromatic N) is 2. The van der Waals surface area contributed by atoms with Crippen molar-refractivity contribution in [1.82, 2.24) is 4.72 Å². The molecule has 2 aliphatic carbocycles. The van der Waals surface area contributed by atoms with Crippen LogP contribution in [0.4, 0.5) is 5.69 Å². The topological polar surface area (TPSA) is 85.6 Å². The van der Waals surface area contributed by atoms with Crippen LogP contribution in [-0.4, -0.2) is 42.1 Å². The molecular formula is C31H34ClN3O3S. The van der Waals surface area contributed by atoms with Crippen molar-refractivity contribution in [2.24, 2.45) is 11.8 Å². The third kappa shape index (κ3) is 5.27. The number of aliphatic hydroxyl groups excluding tert-OH is 1. The molecule has 1 fully saturated rings. The van der Waals surface area contributed by atoms with Gasteiger partial charge in [-0.15, -0.1) is 0 Å². The molecule has 0 aromatic heterocycles. The molecular weight excluding hydrogens is 530 g/mol. The average Bonchev–Trinajstić information content (AvgIpc) is 3.07. The van der Waals surface area contributed by atoms with Crippen molar-refractivity contribution in [3.8, 4) is 11.8 Å². The van der Waals surface area contributed by atoms with Crippen LogP contribution in [0.1, 0.15) is 60.0 Å². The highest BCUT2D eigenvalue weighted by molar-refractivity contribution is 7.98. The first-order chi connectivity index (χ1) is 19.0. The van der Waals surface area contributed by atoms with Crippen LogP contribution in [0.3, 0.4) is 0 Å². The number of aryl methyl sites for hydroxylation is 1. The van der Waals surface area contributed by atoms with Crippen molar-refractivity contribution in [3.05, 3.63) is 70.3 Å². The van der Waals surface area contributed by atoms with Crippen LogP contribution in [0.5, 0.6) is 5.75 Å². The Bertz CT molecular complexity index is 1330. The Morgan fingerprint density at radius 2 is 2.10 bits per heavy atom. The van der Waals surface area contributed by atoms with Crippen molar-refractivity contribution >= 4 is 35.1 Å². The number of benzene rings is 2. The Balaban J connectivity index is 1.39. The number of nitriles is 1. The lowest BCUT2D eigenvalue weighted by atomic mass is 9.68. The van der Waals surface area contributed by atoms with E-state index in [1.165, 1.54) is 11.1 Å². The van der Waals surface area contributed by atoms with Crippen molar-refractivity contribution in [2.45, 2.75) is 61.7 Å². The van der Waals surface area contributed by atoms with Gasteiger partial charge in [-0.1, -0.05) is 29.8 Å². The van der Waals surface area contributed by atoms with Crippen LogP contribution in [0.2, 0.25) is 5.02 Å². The zero-order valence-electron chi connectivity index (χ0n) is 21.9. The van der Waals surface area contributed by atoms with E-state index in [0.717, 1.165) is 73.6 Å². The maximum atomic E-state index is 13.1. The Labute approximate surface area is 239 Å². The minimum absolute atomic E-state index is 0.186. The second-order valence-electron chi connectivity index (χ2n) is 11.5. The van der Waals surface area contributed by atoms with E-state index < -0.39 is 6.10 Å². The van der Waals surface area contributed by atoms with Crippen LogP contribution in [0, 0.1) is 23.2 Å².